The molecule has 0 aliphatic rings. The minimum atomic E-state index is -0.936. The normalized spacial score (nSPS) is 12.5. The van der Waals surface area contributed by atoms with E-state index in [1.165, 1.54) is 6.07 Å². The molecule has 0 fully saturated rings. The van der Waals surface area contributed by atoms with Crippen molar-refractivity contribution in [2.75, 3.05) is 6.54 Å². The standard InChI is InChI=1S/C10H11BrFNO2/c11-8-2-1-6(3-9(8)12)7(5-13)4-10(14)15/h1-3,7H,4-5,13H2,(H,14,15). The van der Waals surface area contributed by atoms with Gasteiger partial charge in [-0.3, -0.25) is 4.79 Å². The highest BCUT2D eigenvalue weighted by molar-refractivity contribution is 9.10. The quantitative estimate of drug-likeness (QED) is 0.885. The van der Waals surface area contributed by atoms with Crippen molar-refractivity contribution in [3.63, 3.8) is 0 Å². The molecular formula is C10H11BrFNO2. The van der Waals surface area contributed by atoms with Gasteiger partial charge in [0.1, 0.15) is 5.82 Å². The van der Waals surface area contributed by atoms with Gasteiger partial charge >= 0.3 is 5.97 Å². The molecule has 1 aromatic carbocycles. The van der Waals surface area contributed by atoms with Gasteiger partial charge in [0.05, 0.1) is 10.9 Å². The first kappa shape index (κ1) is 12.1. The highest BCUT2D eigenvalue weighted by Crippen LogP contribution is 2.23. The zero-order valence-corrected chi connectivity index (χ0v) is 9.50. The van der Waals surface area contributed by atoms with Gasteiger partial charge in [0.25, 0.3) is 0 Å². The Morgan fingerprint density at radius 3 is 2.73 bits per heavy atom. The fourth-order valence-corrected chi connectivity index (χ4v) is 1.56. The van der Waals surface area contributed by atoms with Crippen molar-refractivity contribution in [1.82, 2.24) is 0 Å². The second-order valence-corrected chi connectivity index (χ2v) is 4.06. The average molecular weight is 276 g/mol. The van der Waals surface area contributed by atoms with Crippen LogP contribution in [0, 0.1) is 5.82 Å². The second kappa shape index (κ2) is 5.23. The van der Waals surface area contributed by atoms with Crippen LogP contribution in [0.25, 0.3) is 0 Å². The molecule has 0 spiro atoms. The lowest BCUT2D eigenvalue weighted by atomic mass is 9.96. The molecule has 1 aromatic rings. The predicted molar refractivity (Wildman–Crippen MR) is 58.1 cm³/mol. The maximum absolute atomic E-state index is 13.2. The second-order valence-electron chi connectivity index (χ2n) is 3.20. The molecule has 0 aromatic heterocycles. The Morgan fingerprint density at radius 1 is 1.60 bits per heavy atom. The number of carboxylic acid groups (broad SMARTS) is 1. The smallest absolute Gasteiger partial charge is 0.304 e. The summed E-state index contributed by atoms with van der Waals surface area (Å²) in [5, 5.41) is 8.64. The van der Waals surface area contributed by atoms with Gasteiger partial charge in [-0.2, -0.15) is 0 Å². The molecule has 1 rings (SSSR count). The van der Waals surface area contributed by atoms with E-state index in [1.807, 2.05) is 0 Å². The van der Waals surface area contributed by atoms with Gasteiger partial charge in [0.2, 0.25) is 0 Å². The highest BCUT2D eigenvalue weighted by atomic mass is 79.9. The first-order valence-electron chi connectivity index (χ1n) is 4.41. The third-order valence-corrected chi connectivity index (χ3v) is 2.76. The number of halogens is 2. The molecule has 5 heteroatoms. The summed E-state index contributed by atoms with van der Waals surface area (Å²) in [4.78, 5) is 10.5. The van der Waals surface area contributed by atoms with Crippen molar-refractivity contribution in [3.8, 4) is 0 Å². The van der Waals surface area contributed by atoms with Gasteiger partial charge in [-0.25, -0.2) is 4.39 Å². The third kappa shape index (κ3) is 3.28. The Labute approximate surface area is 95.2 Å². The van der Waals surface area contributed by atoms with Crippen LogP contribution in [0.4, 0.5) is 4.39 Å². The van der Waals surface area contributed by atoms with Crippen LogP contribution in [0.15, 0.2) is 22.7 Å². The Hall–Kier alpha value is -0.940. The largest absolute Gasteiger partial charge is 0.481 e. The maximum Gasteiger partial charge on any atom is 0.304 e. The van der Waals surface area contributed by atoms with Crippen LogP contribution in [0.3, 0.4) is 0 Å². The summed E-state index contributed by atoms with van der Waals surface area (Å²) in [5.41, 5.74) is 6.06. The molecule has 0 amide bonds. The topological polar surface area (TPSA) is 63.3 Å². The molecule has 0 saturated carbocycles. The Balaban J connectivity index is 2.92. The van der Waals surface area contributed by atoms with Gasteiger partial charge < -0.3 is 10.8 Å². The van der Waals surface area contributed by atoms with Crippen LogP contribution in [0.2, 0.25) is 0 Å². The Kier molecular flexibility index (Phi) is 4.23. The zero-order valence-electron chi connectivity index (χ0n) is 7.91. The lowest BCUT2D eigenvalue weighted by Crippen LogP contribution is -2.16. The molecule has 3 nitrogen and oxygen atoms in total. The van der Waals surface area contributed by atoms with Gasteiger partial charge in [0, 0.05) is 5.92 Å². The number of nitrogens with two attached hydrogens (primary N) is 1. The minimum Gasteiger partial charge on any atom is -0.481 e. The van der Waals surface area contributed by atoms with Gasteiger partial charge in [-0.15, -0.1) is 0 Å². The molecule has 0 radical (unpaired) electrons. The van der Waals surface area contributed by atoms with Crippen molar-refractivity contribution < 1.29 is 14.3 Å². The van der Waals surface area contributed by atoms with Crippen LogP contribution in [0.5, 0.6) is 0 Å². The van der Waals surface area contributed by atoms with Crippen LogP contribution < -0.4 is 5.73 Å². The summed E-state index contributed by atoms with van der Waals surface area (Å²) in [7, 11) is 0. The number of carboxylic acids is 1. The van der Waals surface area contributed by atoms with Crippen molar-refractivity contribution in [1.29, 1.82) is 0 Å². The van der Waals surface area contributed by atoms with Crippen molar-refractivity contribution in [2.24, 2.45) is 5.73 Å². The minimum absolute atomic E-state index is 0.0857. The summed E-state index contributed by atoms with van der Waals surface area (Å²) < 4.78 is 13.5. The summed E-state index contributed by atoms with van der Waals surface area (Å²) in [6.45, 7) is 0.188. The first-order chi connectivity index (χ1) is 7.04. The van der Waals surface area contributed by atoms with Gasteiger partial charge in [-0.1, -0.05) is 6.07 Å². The molecule has 3 N–H and O–H groups in total. The van der Waals surface area contributed by atoms with E-state index in [9.17, 15) is 9.18 Å². The first-order valence-corrected chi connectivity index (χ1v) is 5.20. The van der Waals surface area contributed by atoms with Gasteiger partial charge in [-0.05, 0) is 40.2 Å². The lowest BCUT2D eigenvalue weighted by Gasteiger charge is -2.12. The van der Waals surface area contributed by atoms with E-state index >= 15 is 0 Å². The highest BCUT2D eigenvalue weighted by Gasteiger charge is 2.15. The lowest BCUT2D eigenvalue weighted by molar-refractivity contribution is -0.137. The van der Waals surface area contributed by atoms with E-state index in [0.717, 1.165) is 0 Å². The van der Waals surface area contributed by atoms with E-state index < -0.39 is 11.8 Å². The van der Waals surface area contributed by atoms with Crippen LogP contribution in [-0.2, 0) is 4.79 Å². The monoisotopic (exact) mass is 275 g/mol. The maximum atomic E-state index is 13.2. The number of hydrogen-bond donors (Lipinski definition) is 2. The molecule has 1 atom stereocenters. The molecular weight excluding hydrogens is 265 g/mol. The molecule has 0 heterocycles. The predicted octanol–water partition coefficient (Wildman–Crippen LogP) is 2.11. The molecule has 0 aliphatic heterocycles. The Bertz CT molecular complexity index is 370. The van der Waals surface area contributed by atoms with Crippen molar-refractivity contribution >= 4 is 21.9 Å². The SMILES string of the molecule is NCC(CC(=O)O)c1ccc(Br)c(F)c1. The molecule has 0 aliphatic carbocycles. The number of aliphatic carboxylic acids is 1. The number of benzene rings is 1. The molecule has 82 valence electrons. The van der Waals surface area contributed by atoms with Crippen LogP contribution >= 0.6 is 15.9 Å². The van der Waals surface area contributed by atoms with Gasteiger partial charge in [0.15, 0.2) is 0 Å². The summed E-state index contributed by atoms with van der Waals surface area (Å²) in [6, 6.07) is 4.54. The molecule has 1 unspecified atom stereocenters. The van der Waals surface area contributed by atoms with E-state index in [1.54, 1.807) is 12.1 Å². The number of hydrogen-bond acceptors (Lipinski definition) is 2. The van der Waals surface area contributed by atoms with Crippen molar-refractivity contribution in [3.05, 3.63) is 34.1 Å². The number of rotatable bonds is 4. The fraction of sp³-hybridized carbons (Fsp3) is 0.300. The fourth-order valence-electron chi connectivity index (χ4n) is 1.31. The van der Waals surface area contributed by atoms with Crippen molar-refractivity contribution in [2.45, 2.75) is 12.3 Å². The summed E-state index contributed by atoms with van der Waals surface area (Å²) in [6.07, 6.45) is -0.0857. The molecule has 0 saturated heterocycles. The third-order valence-electron chi connectivity index (χ3n) is 2.12. The van der Waals surface area contributed by atoms with E-state index in [4.69, 9.17) is 10.8 Å². The van der Waals surface area contributed by atoms with E-state index in [2.05, 4.69) is 15.9 Å². The molecule has 15 heavy (non-hydrogen) atoms. The summed E-state index contributed by atoms with van der Waals surface area (Å²) in [5.74, 6) is -1.68. The zero-order chi connectivity index (χ0) is 11.4. The van der Waals surface area contributed by atoms with E-state index in [-0.39, 0.29) is 18.9 Å². The van der Waals surface area contributed by atoms with Crippen LogP contribution in [-0.4, -0.2) is 17.6 Å². The summed E-state index contributed by atoms with van der Waals surface area (Å²) >= 11 is 3.03. The molecule has 0 bridgehead atoms. The van der Waals surface area contributed by atoms with E-state index in [0.29, 0.717) is 10.0 Å². The van der Waals surface area contributed by atoms with Crippen LogP contribution in [0.1, 0.15) is 17.9 Å². The number of carbonyl (C=O) groups is 1. The Morgan fingerprint density at radius 2 is 2.27 bits per heavy atom. The average Bonchev–Trinajstić information content (AvgIpc) is 2.18.